The van der Waals surface area contributed by atoms with E-state index in [1.807, 2.05) is 18.2 Å². The first-order chi connectivity index (χ1) is 21.1. The summed E-state index contributed by atoms with van der Waals surface area (Å²) in [6.45, 7) is 4.70. The normalized spacial score (nSPS) is 14.2. The Morgan fingerprint density at radius 1 is 0.558 bits per heavy atom. The predicted octanol–water partition coefficient (Wildman–Crippen LogP) is 10.6. The second-order valence-electron chi connectivity index (χ2n) is 12.4. The molecule has 2 aromatic heterocycles. The molecule has 0 spiro atoms. The molecule has 0 fully saturated rings. The minimum absolute atomic E-state index is 0.0677. The molecule has 8 aromatic rings. The smallest absolute Gasteiger partial charge is 0.137 e. The molecule has 0 N–H and O–H groups in total. The van der Waals surface area contributed by atoms with Gasteiger partial charge in [0, 0.05) is 32.8 Å². The maximum atomic E-state index is 6.36. The van der Waals surface area contributed by atoms with Crippen LogP contribution < -0.4 is 4.74 Å². The average Bonchev–Trinajstić information content (AvgIpc) is 3.48. The topological polar surface area (TPSA) is 27.1 Å². The minimum Gasteiger partial charge on any atom is -0.456 e. The Labute approximate surface area is 248 Å². The molecule has 43 heavy (non-hydrogen) atoms. The quantitative estimate of drug-likeness (QED) is 0.190. The standard InChI is InChI=1S/C40H26N2O/c1-40(2)31-14-6-3-10-24(31)28-21-30-25-11-4-7-15-34(25)42(35(30)22-32(28)40)23-18-19-33-29(20-23)26-13-9-17-37-38(26)39(41-33)27-12-5-8-16-36(27)43-37/h3-22H,1-2H3. The number of benzene rings is 6. The Hall–Kier alpha value is -5.41. The molecule has 0 unspecified atom stereocenters. The van der Waals surface area contributed by atoms with Crippen LogP contribution in [0.25, 0.3) is 71.6 Å². The van der Waals surface area contributed by atoms with Gasteiger partial charge in [0.2, 0.25) is 0 Å². The van der Waals surface area contributed by atoms with Crippen LogP contribution in [-0.2, 0) is 5.41 Å². The molecule has 0 atom stereocenters. The molecule has 3 heterocycles. The van der Waals surface area contributed by atoms with Crippen LogP contribution in [0.1, 0.15) is 25.0 Å². The van der Waals surface area contributed by atoms with E-state index in [1.165, 1.54) is 44.1 Å². The first-order valence-electron chi connectivity index (χ1n) is 14.9. The summed E-state index contributed by atoms with van der Waals surface area (Å²) in [7, 11) is 0. The molecule has 0 bridgehead atoms. The highest BCUT2D eigenvalue weighted by atomic mass is 16.5. The molecule has 2 aliphatic rings. The lowest BCUT2D eigenvalue weighted by atomic mass is 9.82. The van der Waals surface area contributed by atoms with E-state index in [1.54, 1.807) is 0 Å². The Balaban J connectivity index is 1.28. The van der Waals surface area contributed by atoms with Crippen LogP contribution in [0, 0.1) is 0 Å². The molecule has 3 nitrogen and oxygen atoms in total. The number of rotatable bonds is 1. The van der Waals surface area contributed by atoms with E-state index < -0.39 is 0 Å². The van der Waals surface area contributed by atoms with E-state index in [-0.39, 0.29) is 5.41 Å². The van der Waals surface area contributed by atoms with Crippen molar-refractivity contribution in [1.82, 2.24) is 9.55 Å². The zero-order valence-corrected chi connectivity index (χ0v) is 23.8. The molecular formula is C40H26N2O. The maximum absolute atomic E-state index is 6.36. The molecule has 1 aliphatic carbocycles. The molecule has 6 aromatic carbocycles. The highest BCUT2D eigenvalue weighted by Gasteiger charge is 2.36. The highest BCUT2D eigenvalue weighted by molar-refractivity contribution is 6.16. The lowest BCUT2D eigenvalue weighted by Crippen LogP contribution is -2.14. The third-order valence-corrected chi connectivity index (χ3v) is 9.76. The monoisotopic (exact) mass is 550 g/mol. The predicted molar refractivity (Wildman–Crippen MR) is 177 cm³/mol. The summed E-state index contributed by atoms with van der Waals surface area (Å²) < 4.78 is 8.80. The Kier molecular flexibility index (Phi) is 4.26. The minimum atomic E-state index is -0.0677. The molecular weight excluding hydrogens is 524 g/mol. The number of aromatic nitrogens is 2. The van der Waals surface area contributed by atoms with Crippen LogP contribution in [0.4, 0.5) is 0 Å². The van der Waals surface area contributed by atoms with Gasteiger partial charge in [0.1, 0.15) is 11.5 Å². The van der Waals surface area contributed by atoms with E-state index in [4.69, 9.17) is 9.72 Å². The second kappa shape index (κ2) is 7.90. The molecule has 0 saturated carbocycles. The summed E-state index contributed by atoms with van der Waals surface area (Å²) in [5.41, 5.74) is 12.0. The van der Waals surface area contributed by atoms with Crippen molar-refractivity contribution in [3.05, 3.63) is 132 Å². The van der Waals surface area contributed by atoms with Gasteiger partial charge < -0.3 is 9.30 Å². The van der Waals surface area contributed by atoms with Gasteiger partial charge in [-0.15, -0.1) is 0 Å². The summed E-state index contributed by atoms with van der Waals surface area (Å²) in [5.74, 6) is 1.72. The number of nitrogens with zero attached hydrogens (tertiary/aromatic N) is 2. The zero-order valence-electron chi connectivity index (χ0n) is 23.8. The van der Waals surface area contributed by atoms with Crippen molar-refractivity contribution in [1.29, 1.82) is 0 Å². The molecule has 0 saturated heterocycles. The third kappa shape index (κ3) is 2.91. The first-order valence-corrected chi connectivity index (χ1v) is 14.9. The van der Waals surface area contributed by atoms with Crippen LogP contribution in [0.15, 0.2) is 121 Å². The highest BCUT2D eigenvalue weighted by Crippen LogP contribution is 2.51. The summed E-state index contributed by atoms with van der Waals surface area (Å²) in [5, 5.41) is 5.91. The Morgan fingerprint density at radius 3 is 2.26 bits per heavy atom. The number of ether oxygens (including phenoxy) is 1. The molecule has 202 valence electrons. The van der Waals surface area contributed by atoms with Crippen molar-refractivity contribution >= 4 is 43.5 Å². The van der Waals surface area contributed by atoms with Gasteiger partial charge in [-0.25, -0.2) is 4.98 Å². The van der Waals surface area contributed by atoms with Gasteiger partial charge >= 0.3 is 0 Å². The van der Waals surface area contributed by atoms with Crippen LogP contribution in [0.5, 0.6) is 11.5 Å². The lowest BCUT2D eigenvalue weighted by molar-refractivity contribution is 0.486. The van der Waals surface area contributed by atoms with Crippen molar-refractivity contribution in [2.45, 2.75) is 19.3 Å². The van der Waals surface area contributed by atoms with Crippen LogP contribution in [-0.4, -0.2) is 9.55 Å². The molecule has 10 rings (SSSR count). The summed E-state index contributed by atoms with van der Waals surface area (Å²) in [4.78, 5) is 5.22. The lowest BCUT2D eigenvalue weighted by Gasteiger charge is -2.22. The van der Waals surface area contributed by atoms with Gasteiger partial charge in [-0.2, -0.15) is 0 Å². The van der Waals surface area contributed by atoms with Gasteiger partial charge in [0.25, 0.3) is 0 Å². The Bertz CT molecular complexity index is 2520. The SMILES string of the molecule is CC1(C)c2ccccc2-c2cc3c4ccccc4n(-c4ccc5nc6c7c(cccc7c5c4)Oc4ccccc4-6)c3cc21. The molecule has 0 radical (unpaired) electrons. The number of para-hydroxylation sites is 2. The summed E-state index contributed by atoms with van der Waals surface area (Å²) >= 11 is 0. The fourth-order valence-corrected chi connectivity index (χ4v) is 7.74. The van der Waals surface area contributed by atoms with Crippen LogP contribution >= 0.6 is 0 Å². The van der Waals surface area contributed by atoms with Gasteiger partial charge in [0.05, 0.1) is 27.6 Å². The van der Waals surface area contributed by atoms with E-state index in [2.05, 4.69) is 122 Å². The zero-order chi connectivity index (χ0) is 28.4. The third-order valence-electron chi connectivity index (χ3n) is 9.76. The molecule has 0 amide bonds. The van der Waals surface area contributed by atoms with Crippen molar-refractivity contribution in [2.24, 2.45) is 0 Å². The fraction of sp³-hybridized carbons (Fsp3) is 0.0750. The Morgan fingerprint density at radius 2 is 1.33 bits per heavy atom. The number of hydrogen-bond donors (Lipinski definition) is 0. The van der Waals surface area contributed by atoms with E-state index in [9.17, 15) is 0 Å². The summed E-state index contributed by atoms with van der Waals surface area (Å²) in [6, 6.07) is 43.8. The van der Waals surface area contributed by atoms with Gasteiger partial charge in [0.15, 0.2) is 0 Å². The van der Waals surface area contributed by atoms with Crippen molar-refractivity contribution in [3.63, 3.8) is 0 Å². The van der Waals surface area contributed by atoms with Crippen molar-refractivity contribution in [2.75, 3.05) is 0 Å². The number of pyridine rings is 1. The number of hydrogen-bond acceptors (Lipinski definition) is 2. The second-order valence-corrected chi connectivity index (χ2v) is 12.4. The van der Waals surface area contributed by atoms with Gasteiger partial charge in [-0.3, -0.25) is 0 Å². The maximum Gasteiger partial charge on any atom is 0.137 e. The summed E-state index contributed by atoms with van der Waals surface area (Å²) in [6.07, 6.45) is 0. The van der Waals surface area contributed by atoms with Gasteiger partial charge in [-0.05, 0) is 82.2 Å². The molecule has 1 aliphatic heterocycles. The van der Waals surface area contributed by atoms with E-state index >= 15 is 0 Å². The van der Waals surface area contributed by atoms with Crippen molar-refractivity contribution in [3.8, 4) is 39.6 Å². The van der Waals surface area contributed by atoms with E-state index in [0.717, 1.165) is 50.1 Å². The average molecular weight is 551 g/mol. The van der Waals surface area contributed by atoms with Crippen LogP contribution in [0.3, 0.4) is 0 Å². The first kappa shape index (κ1) is 23.2. The largest absolute Gasteiger partial charge is 0.456 e. The molecule has 3 heteroatoms. The van der Waals surface area contributed by atoms with E-state index in [0.29, 0.717) is 0 Å². The van der Waals surface area contributed by atoms with Crippen LogP contribution in [0.2, 0.25) is 0 Å². The van der Waals surface area contributed by atoms with Gasteiger partial charge in [-0.1, -0.05) is 80.6 Å². The fourth-order valence-electron chi connectivity index (χ4n) is 7.74. The van der Waals surface area contributed by atoms with Crippen molar-refractivity contribution < 1.29 is 4.74 Å². The number of fused-ring (bicyclic) bond motifs is 10.